The van der Waals surface area contributed by atoms with Crippen LogP contribution in [0.2, 0.25) is 0 Å². The lowest BCUT2D eigenvalue weighted by molar-refractivity contribution is 0.0601. The maximum Gasteiger partial charge on any atom is 0.348 e. The number of anilines is 2. The molecule has 1 heterocycles. The minimum atomic E-state index is -0.550. The second kappa shape index (κ2) is 8.29. The Labute approximate surface area is 161 Å². The summed E-state index contributed by atoms with van der Waals surface area (Å²) >= 11 is 6.48. The van der Waals surface area contributed by atoms with Gasteiger partial charge in [-0.3, -0.25) is 0 Å². The molecule has 138 valence electrons. The maximum atomic E-state index is 12.2. The van der Waals surface area contributed by atoms with E-state index in [9.17, 15) is 9.59 Å². The molecule has 0 aliphatic heterocycles. The first-order valence-corrected chi connectivity index (χ1v) is 8.96. The van der Waals surface area contributed by atoms with Crippen molar-refractivity contribution >= 4 is 51.3 Å². The normalized spacial score (nSPS) is 10.2. The molecule has 0 unspecified atom stereocenters. The van der Waals surface area contributed by atoms with Gasteiger partial charge in [0.25, 0.3) is 0 Å². The van der Waals surface area contributed by atoms with Gasteiger partial charge in [-0.05, 0) is 49.7 Å². The van der Waals surface area contributed by atoms with E-state index in [1.807, 2.05) is 32.0 Å². The van der Waals surface area contributed by atoms with Crippen molar-refractivity contribution < 1.29 is 19.1 Å². The monoisotopic (exact) mass is 392 g/mol. The van der Waals surface area contributed by atoms with Crippen molar-refractivity contribution in [1.82, 2.24) is 0 Å². The molecule has 0 fully saturated rings. The highest BCUT2D eigenvalue weighted by atomic mass is 32.1. The van der Waals surface area contributed by atoms with Crippen LogP contribution in [0, 0.1) is 20.8 Å². The van der Waals surface area contributed by atoms with E-state index in [-0.39, 0.29) is 5.56 Å². The Kier molecular flexibility index (Phi) is 6.33. The molecule has 0 aliphatic rings. The molecule has 8 heteroatoms. The van der Waals surface area contributed by atoms with Gasteiger partial charge >= 0.3 is 11.9 Å². The number of nitrogens with one attached hydrogen (secondary N) is 2. The third kappa shape index (κ3) is 4.03. The predicted molar refractivity (Wildman–Crippen MR) is 107 cm³/mol. The SMILES string of the molecule is COC(=O)c1sc(NC(=S)Nc2c(C)cccc2C)c(C(=O)OC)c1C. The number of thiophene rings is 1. The lowest BCUT2D eigenvalue weighted by Gasteiger charge is -2.14. The van der Waals surface area contributed by atoms with Crippen LogP contribution in [0.1, 0.15) is 36.7 Å². The smallest absolute Gasteiger partial charge is 0.348 e. The summed E-state index contributed by atoms with van der Waals surface area (Å²) in [6, 6.07) is 5.91. The fourth-order valence-electron chi connectivity index (χ4n) is 2.50. The topological polar surface area (TPSA) is 76.7 Å². The number of methoxy groups -OCH3 is 2. The predicted octanol–water partition coefficient (Wildman–Crippen LogP) is 4.06. The Balaban J connectivity index is 2.34. The van der Waals surface area contributed by atoms with Gasteiger partial charge in [-0.1, -0.05) is 18.2 Å². The van der Waals surface area contributed by atoms with Crippen molar-refractivity contribution in [2.24, 2.45) is 0 Å². The number of aryl methyl sites for hydroxylation is 2. The van der Waals surface area contributed by atoms with Crippen molar-refractivity contribution in [3.05, 3.63) is 45.3 Å². The summed E-state index contributed by atoms with van der Waals surface area (Å²) in [6.45, 7) is 5.62. The van der Waals surface area contributed by atoms with Gasteiger partial charge in [0, 0.05) is 5.69 Å². The van der Waals surface area contributed by atoms with Crippen LogP contribution in [0.4, 0.5) is 10.7 Å². The third-order valence-electron chi connectivity index (χ3n) is 3.85. The minimum Gasteiger partial charge on any atom is -0.465 e. The number of rotatable bonds is 4. The number of hydrogen-bond donors (Lipinski definition) is 2. The van der Waals surface area contributed by atoms with E-state index < -0.39 is 11.9 Å². The highest BCUT2D eigenvalue weighted by Gasteiger charge is 2.26. The van der Waals surface area contributed by atoms with Gasteiger partial charge in [0.2, 0.25) is 0 Å². The van der Waals surface area contributed by atoms with Gasteiger partial charge in [0.1, 0.15) is 9.88 Å². The van der Waals surface area contributed by atoms with Crippen LogP contribution in [0.5, 0.6) is 0 Å². The molecule has 0 aliphatic carbocycles. The molecule has 0 atom stereocenters. The Morgan fingerprint density at radius 1 is 1.00 bits per heavy atom. The summed E-state index contributed by atoms with van der Waals surface area (Å²) in [5.41, 5.74) is 3.74. The maximum absolute atomic E-state index is 12.2. The van der Waals surface area contributed by atoms with Gasteiger partial charge in [-0.25, -0.2) is 9.59 Å². The Morgan fingerprint density at radius 2 is 1.58 bits per heavy atom. The Morgan fingerprint density at radius 3 is 2.12 bits per heavy atom. The van der Waals surface area contributed by atoms with E-state index in [1.165, 1.54) is 14.2 Å². The van der Waals surface area contributed by atoms with Gasteiger partial charge < -0.3 is 20.1 Å². The summed E-state index contributed by atoms with van der Waals surface area (Å²) in [5, 5.41) is 6.88. The van der Waals surface area contributed by atoms with E-state index in [0.29, 0.717) is 20.6 Å². The molecular weight excluding hydrogens is 372 g/mol. The second-order valence-corrected chi connectivity index (χ2v) is 7.02. The summed E-state index contributed by atoms with van der Waals surface area (Å²) in [7, 11) is 2.58. The van der Waals surface area contributed by atoms with Gasteiger partial charge in [0.15, 0.2) is 5.11 Å². The van der Waals surface area contributed by atoms with E-state index in [0.717, 1.165) is 28.2 Å². The van der Waals surface area contributed by atoms with E-state index in [4.69, 9.17) is 21.7 Å². The summed E-state index contributed by atoms with van der Waals surface area (Å²) in [6.07, 6.45) is 0. The average molecular weight is 393 g/mol. The first kappa shape index (κ1) is 19.9. The number of thiocarbonyl (C=S) groups is 1. The molecule has 0 spiro atoms. The minimum absolute atomic E-state index is 0.267. The molecule has 26 heavy (non-hydrogen) atoms. The molecular formula is C18H20N2O4S2. The lowest BCUT2D eigenvalue weighted by atomic mass is 10.1. The standard InChI is InChI=1S/C18H20N2O4S2/c1-9-7-6-8-10(2)13(9)19-18(25)20-15-12(16(21)23-4)11(3)14(26-15)17(22)24-5/h6-8H,1-5H3,(H2,19,20,25). The molecule has 0 amide bonds. The fourth-order valence-corrected chi connectivity index (χ4v) is 3.88. The first-order valence-electron chi connectivity index (χ1n) is 7.74. The van der Waals surface area contributed by atoms with Crippen LogP contribution in [-0.2, 0) is 9.47 Å². The summed E-state index contributed by atoms with van der Waals surface area (Å²) < 4.78 is 9.61. The van der Waals surface area contributed by atoms with E-state index >= 15 is 0 Å². The van der Waals surface area contributed by atoms with Crippen molar-refractivity contribution in [3.63, 3.8) is 0 Å². The van der Waals surface area contributed by atoms with Crippen LogP contribution in [0.3, 0.4) is 0 Å². The molecule has 6 nitrogen and oxygen atoms in total. The highest BCUT2D eigenvalue weighted by molar-refractivity contribution is 7.80. The van der Waals surface area contributed by atoms with Crippen LogP contribution < -0.4 is 10.6 Å². The number of esters is 2. The molecule has 0 saturated heterocycles. The van der Waals surface area contributed by atoms with Crippen LogP contribution in [0.25, 0.3) is 0 Å². The van der Waals surface area contributed by atoms with Gasteiger partial charge in [0.05, 0.1) is 19.8 Å². The quantitative estimate of drug-likeness (QED) is 0.600. The number of hydrogen-bond acceptors (Lipinski definition) is 6. The van der Waals surface area contributed by atoms with Gasteiger partial charge in [-0.2, -0.15) is 0 Å². The molecule has 2 rings (SSSR count). The largest absolute Gasteiger partial charge is 0.465 e. The number of benzene rings is 1. The molecule has 1 aromatic carbocycles. The molecule has 1 aromatic heterocycles. The molecule has 2 aromatic rings. The fraction of sp³-hybridized carbons (Fsp3) is 0.278. The highest BCUT2D eigenvalue weighted by Crippen LogP contribution is 2.34. The molecule has 0 bridgehead atoms. The summed E-state index contributed by atoms with van der Waals surface area (Å²) in [5.74, 6) is -1.06. The number of ether oxygens (including phenoxy) is 2. The van der Waals surface area contributed by atoms with Gasteiger partial charge in [-0.15, -0.1) is 11.3 Å². The zero-order valence-electron chi connectivity index (χ0n) is 15.2. The van der Waals surface area contributed by atoms with Crippen molar-refractivity contribution in [3.8, 4) is 0 Å². The third-order valence-corrected chi connectivity index (χ3v) is 5.25. The van der Waals surface area contributed by atoms with Crippen molar-refractivity contribution in [2.75, 3.05) is 24.9 Å². The zero-order chi connectivity index (χ0) is 19.4. The van der Waals surface area contributed by atoms with Crippen molar-refractivity contribution in [1.29, 1.82) is 0 Å². The zero-order valence-corrected chi connectivity index (χ0v) is 16.8. The Hall–Kier alpha value is -2.45. The van der Waals surface area contributed by atoms with Crippen LogP contribution >= 0.6 is 23.6 Å². The Bertz CT molecular complexity index is 854. The van der Waals surface area contributed by atoms with E-state index in [2.05, 4.69) is 10.6 Å². The van der Waals surface area contributed by atoms with Crippen LogP contribution in [0.15, 0.2) is 18.2 Å². The lowest BCUT2D eigenvalue weighted by Crippen LogP contribution is -2.21. The van der Waals surface area contributed by atoms with Crippen molar-refractivity contribution in [2.45, 2.75) is 20.8 Å². The molecule has 2 N–H and O–H groups in total. The summed E-state index contributed by atoms with van der Waals surface area (Å²) in [4.78, 5) is 24.4. The number of carbonyl (C=O) groups is 2. The molecule has 0 radical (unpaired) electrons. The van der Waals surface area contributed by atoms with E-state index in [1.54, 1.807) is 6.92 Å². The first-order chi connectivity index (χ1) is 12.3. The molecule has 0 saturated carbocycles. The van der Waals surface area contributed by atoms with Crippen LogP contribution in [-0.4, -0.2) is 31.3 Å². The average Bonchev–Trinajstić information content (AvgIpc) is 2.93. The second-order valence-electron chi connectivity index (χ2n) is 5.59. The number of carbonyl (C=O) groups excluding carboxylic acids is 2. The number of para-hydroxylation sites is 1.